The van der Waals surface area contributed by atoms with Crippen LogP contribution >= 0.6 is 0 Å². The topological polar surface area (TPSA) is 172 Å². The van der Waals surface area contributed by atoms with Crippen LogP contribution in [0.25, 0.3) is 10.9 Å². The van der Waals surface area contributed by atoms with Crippen LogP contribution in [-0.2, 0) is 23.3 Å². The molecule has 5 aromatic rings. The van der Waals surface area contributed by atoms with Crippen LogP contribution in [0.2, 0.25) is 0 Å². The molecule has 4 aromatic carbocycles. The van der Waals surface area contributed by atoms with Gasteiger partial charge in [-0.25, -0.2) is 0 Å². The number of carboxylic acids is 1. The highest BCUT2D eigenvalue weighted by Gasteiger charge is 2.52. The number of hydrogen-bond acceptors (Lipinski definition) is 7. The molecule has 244 valence electrons. The molecule has 0 saturated carbocycles. The Balaban J connectivity index is 0.970. The summed E-state index contributed by atoms with van der Waals surface area (Å²) in [6.07, 6.45) is -0.886. The second-order valence-electron chi connectivity index (χ2n) is 11.9. The third kappa shape index (κ3) is 6.55. The number of aliphatic hydroxyl groups excluding tert-OH is 1. The Morgan fingerprint density at radius 2 is 1.46 bits per heavy atom. The summed E-state index contributed by atoms with van der Waals surface area (Å²) < 4.78 is 0. The zero-order valence-electron chi connectivity index (χ0n) is 25.8. The standard InChI is InChI=1S/C37H34N4O7/c42-30-16-14-28(29-15-17-32(44)40-33(29)30)31(43)20-38-18-23-6-10-25(11-7-23)34(45)39-19-24-8-12-26(13-9-24)35(46)41-21-37(22-41,36(47)48)27-4-2-1-3-5-27/h1-17,31,38,42-43H,18-22H2,(H,39,45)(H,40,44)(H,47,48)/t31-/m0/s1. The molecule has 1 atom stereocenters. The first-order chi connectivity index (χ1) is 23.1. The zero-order chi connectivity index (χ0) is 33.8. The molecule has 11 heteroatoms. The van der Waals surface area contributed by atoms with Crippen molar-refractivity contribution in [2.45, 2.75) is 24.6 Å². The van der Waals surface area contributed by atoms with Crippen LogP contribution in [0, 0.1) is 0 Å². The van der Waals surface area contributed by atoms with Gasteiger partial charge in [0, 0.05) is 55.3 Å². The maximum absolute atomic E-state index is 13.0. The highest BCUT2D eigenvalue weighted by Crippen LogP contribution is 2.36. The first-order valence-electron chi connectivity index (χ1n) is 15.4. The second kappa shape index (κ2) is 13.5. The first-order valence-corrected chi connectivity index (χ1v) is 15.4. The number of hydrogen-bond donors (Lipinski definition) is 6. The highest BCUT2D eigenvalue weighted by atomic mass is 16.4. The van der Waals surface area contributed by atoms with Crippen molar-refractivity contribution in [2.75, 3.05) is 19.6 Å². The number of carboxylic acid groups (broad SMARTS) is 1. The fourth-order valence-corrected chi connectivity index (χ4v) is 5.97. The number of rotatable bonds is 11. The van der Waals surface area contributed by atoms with Gasteiger partial charge in [0.2, 0.25) is 5.56 Å². The third-order valence-electron chi connectivity index (χ3n) is 8.75. The molecule has 6 N–H and O–H groups in total. The number of fused-ring (bicyclic) bond motifs is 1. The smallest absolute Gasteiger partial charge is 0.317 e. The number of H-pyrrole nitrogens is 1. The molecule has 2 amide bonds. The number of pyridine rings is 1. The fraction of sp³-hybridized carbons (Fsp3) is 0.189. The lowest BCUT2D eigenvalue weighted by molar-refractivity contribution is -0.149. The van der Waals surface area contributed by atoms with Gasteiger partial charge >= 0.3 is 5.97 Å². The molecule has 1 fully saturated rings. The number of aromatic amines is 1. The molecule has 1 aliphatic rings. The summed E-state index contributed by atoms with van der Waals surface area (Å²) in [6, 6.07) is 28.9. The lowest BCUT2D eigenvalue weighted by Crippen LogP contribution is -2.65. The predicted octanol–water partition coefficient (Wildman–Crippen LogP) is 3.47. The van der Waals surface area contributed by atoms with E-state index in [9.17, 15) is 34.5 Å². The van der Waals surface area contributed by atoms with Crippen LogP contribution in [0.3, 0.4) is 0 Å². The van der Waals surface area contributed by atoms with E-state index < -0.39 is 17.5 Å². The van der Waals surface area contributed by atoms with Gasteiger partial charge in [-0.15, -0.1) is 0 Å². The number of nitrogens with zero attached hydrogens (tertiary/aromatic N) is 1. The molecular weight excluding hydrogens is 612 g/mol. The van der Waals surface area contributed by atoms with Crippen molar-refractivity contribution in [1.82, 2.24) is 20.5 Å². The first kappa shape index (κ1) is 32.2. The molecule has 6 rings (SSSR count). The zero-order valence-corrected chi connectivity index (χ0v) is 25.8. The molecule has 0 spiro atoms. The lowest BCUT2D eigenvalue weighted by atomic mass is 9.73. The second-order valence-corrected chi connectivity index (χ2v) is 11.9. The van der Waals surface area contributed by atoms with Gasteiger partial charge in [-0.1, -0.05) is 60.7 Å². The van der Waals surface area contributed by atoms with Crippen LogP contribution in [0.4, 0.5) is 0 Å². The Kier molecular flexibility index (Phi) is 9.06. The number of aliphatic hydroxyl groups is 1. The van der Waals surface area contributed by atoms with Crippen LogP contribution in [-0.4, -0.2) is 62.6 Å². The summed E-state index contributed by atoms with van der Waals surface area (Å²) in [5.41, 5.74) is 2.71. The number of likely N-dealkylation sites (tertiary alicyclic amines) is 1. The predicted molar refractivity (Wildman–Crippen MR) is 179 cm³/mol. The van der Waals surface area contributed by atoms with E-state index in [1.165, 1.54) is 17.0 Å². The normalized spacial score (nSPS) is 14.2. The molecule has 0 radical (unpaired) electrons. The quantitative estimate of drug-likeness (QED) is 0.127. The Bertz CT molecular complexity index is 2020. The number of aliphatic carboxylic acids is 1. The molecule has 0 unspecified atom stereocenters. The highest BCUT2D eigenvalue weighted by molar-refractivity contribution is 5.97. The Labute approximate surface area is 275 Å². The minimum Gasteiger partial charge on any atom is -0.506 e. The van der Waals surface area contributed by atoms with E-state index in [1.54, 1.807) is 72.8 Å². The molecular formula is C37H34N4O7. The van der Waals surface area contributed by atoms with Crippen LogP contribution in [0.1, 0.15) is 49.1 Å². The Hall–Kier alpha value is -5.78. The lowest BCUT2D eigenvalue weighted by Gasteiger charge is -2.47. The van der Waals surface area contributed by atoms with E-state index in [-0.39, 0.29) is 54.8 Å². The van der Waals surface area contributed by atoms with Crippen molar-refractivity contribution in [3.63, 3.8) is 0 Å². The van der Waals surface area contributed by atoms with Gasteiger partial charge in [-0.2, -0.15) is 0 Å². The Morgan fingerprint density at radius 3 is 2.12 bits per heavy atom. The number of benzene rings is 4. The average molecular weight is 647 g/mol. The summed E-state index contributed by atoms with van der Waals surface area (Å²) >= 11 is 0. The number of carbonyl (C=O) groups excluding carboxylic acids is 2. The monoisotopic (exact) mass is 646 g/mol. The van der Waals surface area contributed by atoms with E-state index in [0.29, 0.717) is 34.2 Å². The van der Waals surface area contributed by atoms with Crippen molar-refractivity contribution < 1.29 is 29.7 Å². The van der Waals surface area contributed by atoms with Crippen molar-refractivity contribution in [3.8, 4) is 5.75 Å². The average Bonchev–Trinajstić information content (AvgIpc) is 3.08. The number of aromatic hydroxyl groups is 1. The number of nitrogens with one attached hydrogen (secondary N) is 3. The van der Waals surface area contributed by atoms with Gasteiger partial charge in [0.25, 0.3) is 11.8 Å². The van der Waals surface area contributed by atoms with Gasteiger partial charge in [-0.05, 0) is 58.7 Å². The summed E-state index contributed by atoms with van der Waals surface area (Å²) in [5.74, 6) is -1.52. The Morgan fingerprint density at radius 1 is 0.812 bits per heavy atom. The number of phenols is 1. The van der Waals surface area contributed by atoms with Gasteiger partial charge in [0.15, 0.2) is 0 Å². The van der Waals surface area contributed by atoms with Gasteiger partial charge in [-0.3, -0.25) is 19.2 Å². The van der Waals surface area contributed by atoms with Crippen molar-refractivity contribution in [1.29, 1.82) is 0 Å². The SMILES string of the molecule is O=C(NCc1ccc(C(=O)N2CC(C(=O)O)(c3ccccc3)C2)cc1)c1ccc(CNC[C@H](O)c2ccc(O)c3[nH]c(=O)ccc23)cc1. The van der Waals surface area contributed by atoms with E-state index in [1.807, 2.05) is 18.2 Å². The molecule has 48 heavy (non-hydrogen) atoms. The maximum Gasteiger partial charge on any atom is 0.317 e. The van der Waals surface area contributed by atoms with Crippen molar-refractivity contribution in [2.24, 2.45) is 0 Å². The molecule has 1 aliphatic heterocycles. The summed E-state index contributed by atoms with van der Waals surface area (Å²) in [7, 11) is 0. The molecule has 1 aromatic heterocycles. The van der Waals surface area contributed by atoms with E-state index >= 15 is 0 Å². The van der Waals surface area contributed by atoms with Gasteiger partial charge in [0.1, 0.15) is 11.2 Å². The molecule has 0 bridgehead atoms. The number of aromatic nitrogens is 1. The van der Waals surface area contributed by atoms with Crippen LogP contribution < -0.4 is 16.2 Å². The molecule has 11 nitrogen and oxygen atoms in total. The fourth-order valence-electron chi connectivity index (χ4n) is 5.97. The summed E-state index contributed by atoms with van der Waals surface area (Å²) in [6.45, 7) is 1.12. The van der Waals surface area contributed by atoms with Gasteiger partial charge < -0.3 is 35.8 Å². The number of carbonyl (C=O) groups is 3. The van der Waals surface area contributed by atoms with Gasteiger partial charge in [0.05, 0.1) is 11.6 Å². The number of phenolic OH excluding ortho intramolecular Hbond substituents is 1. The number of amides is 2. The summed E-state index contributed by atoms with van der Waals surface area (Å²) in [4.78, 5) is 53.6. The minimum absolute atomic E-state index is 0.0706. The van der Waals surface area contributed by atoms with Crippen LogP contribution in [0.5, 0.6) is 5.75 Å². The minimum atomic E-state index is -1.10. The molecule has 0 aliphatic carbocycles. The summed E-state index contributed by atoms with van der Waals surface area (Å²) in [5, 5.41) is 37.3. The van der Waals surface area contributed by atoms with E-state index in [0.717, 1.165) is 11.1 Å². The largest absolute Gasteiger partial charge is 0.506 e. The van der Waals surface area contributed by atoms with E-state index in [2.05, 4.69) is 15.6 Å². The third-order valence-corrected chi connectivity index (χ3v) is 8.75. The van der Waals surface area contributed by atoms with Crippen LogP contribution in [0.15, 0.2) is 108 Å². The van der Waals surface area contributed by atoms with Crippen molar-refractivity contribution in [3.05, 3.63) is 147 Å². The van der Waals surface area contributed by atoms with E-state index in [4.69, 9.17) is 0 Å². The molecule has 1 saturated heterocycles. The van der Waals surface area contributed by atoms with Crippen molar-refractivity contribution >= 4 is 28.7 Å². The maximum atomic E-state index is 13.0. The molecule has 2 heterocycles.